The minimum Gasteiger partial charge on any atom is -0.475 e. The molecule has 0 aliphatic carbocycles. The van der Waals surface area contributed by atoms with Crippen molar-refractivity contribution >= 4 is 0 Å². The molecule has 2 N–H and O–H groups in total. The van der Waals surface area contributed by atoms with E-state index in [2.05, 4.69) is 0 Å². The number of aliphatic hydroxyl groups is 1. The molecule has 0 radical (unpaired) electrons. The summed E-state index contributed by atoms with van der Waals surface area (Å²) in [5, 5.41) is 18.9. The lowest BCUT2D eigenvalue weighted by Crippen LogP contribution is -2.18. The number of benzene rings is 2. The molecule has 3 rings (SSSR count). The predicted molar refractivity (Wildman–Crippen MR) is 89.2 cm³/mol. The average Bonchev–Trinajstić information content (AvgIpc) is 2.63. The highest BCUT2D eigenvalue weighted by molar-refractivity contribution is 5.32. The van der Waals surface area contributed by atoms with Crippen molar-refractivity contribution in [3.8, 4) is 5.75 Å². The second-order valence-corrected chi connectivity index (χ2v) is 5.32. The molecule has 0 fully saturated rings. The summed E-state index contributed by atoms with van der Waals surface area (Å²) in [6, 6.07) is 20.2. The summed E-state index contributed by atoms with van der Waals surface area (Å²) in [4.78, 5) is 12.2. The lowest BCUT2D eigenvalue weighted by Gasteiger charge is -2.20. The Bertz CT molecular complexity index is 820. The fourth-order valence-corrected chi connectivity index (χ4v) is 2.46. The van der Waals surface area contributed by atoms with Gasteiger partial charge in [0.1, 0.15) is 6.10 Å². The van der Waals surface area contributed by atoms with Gasteiger partial charge in [-0.2, -0.15) is 4.73 Å². The molecule has 0 saturated heterocycles. The zero-order valence-corrected chi connectivity index (χ0v) is 12.9. The molecule has 0 amide bonds. The highest BCUT2D eigenvalue weighted by Gasteiger charge is 2.18. The zero-order valence-electron chi connectivity index (χ0n) is 12.9. The molecular formula is C19H17NO4. The van der Waals surface area contributed by atoms with Gasteiger partial charge in [0.25, 0.3) is 0 Å². The first kappa shape index (κ1) is 15.8. The maximum absolute atomic E-state index is 12.2. The number of aromatic nitrogens is 1. The van der Waals surface area contributed by atoms with Gasteiger partial charge >= 0.3 is 0 Å². The van der Waals surface area contributed by atoms with Crippen LogP contribution in [0.1, 0.15) is 22.9 Å². The zero-order chi connectivity index (χ0) is 16.9. The Hall–Kier alpha value is -3.05. The van der Waals surface area contributed by atoms with Gasteiger partial charge in [-0.1, -0.05) is 60.7 Å². The number of rotatable bonds is 5. The minimum absolute atomic E-state index is 0.00686. The maximum Gasteiger partial charge on any atom is 0.224 e. The van der Waals surface area contributed by atoms with Gasteiger partial charge < -0.3 is 15.1 Å². The van der Waals surface area contributed by atoms with Crippen molar-refractivity contribution in [3.05, 3.63) is 100.0 Å². The van der Waals surface area contributed by atoms with E-state index in [0.717, 1.165) is 17.2 Å². The van der Waals surface area contributed by atoms with E-state index in [1.54, 1.807) is 0 Å². The number of pyridine rings is 1. The molecule has 0 unspecified atom stereocenters. The van der Waals surface area contributed by atoms with Crippen LogP contribution in [0.4, 0.5) is 0 Å². The number of nitrogens with zero attached hydrogens (tertiary/aromatic N) is 1. The molecule has 0 bridgehead atoms. The molecule has 0 atom stereocenters. The van der Waals surface area contributed by atoms with E-state index in [-0.39, 0.29) is 11.4 Å². The monoisotopic (exact) mass is 323 g/mol. The highest BCUT2D eigenvalue weighted by atomic mass is 16.5. The Morgan fingerprint density at radius 2 is 1.50 bits per heavy atom. The van der Waals surface area contributed by atoms with E-state index in [1.807, 2.05) is 60.7 Å². The van der Waals surface area contributed by atoms with E-state index < -0.39 is 18.1 Å². The Balaban J connectivity index is 2.02. The number of aliphatic hydroxyl groups excluding tert-OH is 1. The van der Waals surface area contributed by atoms with Gasteiger partial charge in [-0.25, -0.2) is 0 Å². The first-order valence-electron chi connectivity index (χ1n) is 7.51. The molecule has 24 heavy (non-hydrogen) atoms. The van der Waals surface area contributed by atoms with Crippen molar-refractivity contribution in [3.63, 3.8) is 0 Å². The Labute approximate surface area is 139 Å². The summed E-state index contributed by atoms with van der Waals surface area (Å²) >= 11 is 0. The lowest BCUT2D eigenvalue weighted by atomic mass is 10.0. The minimum atomic E-state index is -0.486. The van der Waals surface area contributed by atoms with Gasteiger partial charge in [0.05, 0.1) is 18.5 Å². The highest BCUT2D eigenvalue weighted by Crippen LogP contribution is 2.26. The third-order valence-corrected chi connectivity index (χ3v) is 3.69. The molecule has 1 heterocycles. The van der Waals surface area contributed by atoms with Crippen LogP contribution < -0.4 is 10.2 Å². The molecule has 2 aromatic carbocycles. The van der Waals surface area contributed by atoms with Crippen LogP contribution in [0.25, 0.3) is 0 Å². The largest absolute Gasteiger partial charge is 0.475 e. The van der Waals surface area contributed by atoms with Crippen LogP contribution in [0.15, 0.2) is 77.7 Å². The lowest BCUT2D eigenvalue weighted by molar-refractivity contribution is 0.144. The van der Waals surface area contributed by atoms with Crippen LogP contribution in [-0.4, -0.2) is 15.0 Å². The van der Waals surface area contributed by atoms with Crippen molar-refractivity contribution in [2.24, 2.45) is 0 Å². The third kappa shape index (κ3) is 3.31. The van der Waals surface area contributed by atoms with Crippen LogP contribution in [-0.2, 0) is 6.61 Å². The van der Waals surface area contributed by atoms with E-state index in [4.69, 9.17) is 9.84 Å². The summed E-state index contributed by atoms with van der Waals surface area (Å²) in [5.41, 5.74) is 1.47. The maximum atomic E-state index is 12.2. The van der Waals surface area contributed by atoms with E-state index in [1.165, 1.54) is 6.20 Å². The molecule has 0 aliphatic rings. The van der Waals surface area contributed by atoms with Crippen molar-refractivity contribution in [2.45, 2.75) is 12.7 Å². The van der Waals surface area contributed by atoms with Crippen molar-refractivity contribution in [2.75, 3.05) is 0 Å². The molecule has 5 nitrogen and oxygen atoms in total. The Morgan fingerprint density at radius 3 is 2.00 bits per heavy atom. The quantitative estimate of drug-likeness (QED) is 0.708. The summed E-state index contributed by atoms with van der Waals surface area (Å²) < 4.78 is 6.62. The van der Waals surface area contributed by atoms with E-state index in [0.29, 0.717) is 4.73 Å². The number of hydrogen-bond acceptors (Lipinski definition) is 4. The van der Waals surface area contributed by atoms with Crippen LogP contribution in [0.3, 0.4) is 0 Å². The normalized spacial score (nSPS) is 10.8. The predicted octanol–water partition coefficient (Wildman–Crippen LogP) is 2.75. The molecule has 0 aliphatic heterocycles. The smallest absolute Gasteiger partial charge is 0.224 e. The van der Waals surface area contributed by atoms with Gasteiger partial charge in [0.2, 0.25) is 5.43 Å². The SMILES string of the molecule is O=c1cc(CO)n(O)cc1OC(c1ccccc1)c1ccccc1. The summed E-state index contributed by atoms with van der Waals surface area (Å²) in [6.45, 7) is -0.438. The molecule has 5 heteroatoms. The van der Waals surface area contributed by atoms with Crippen LogP contribution in [0, 0.1) is 0 Å². The first-order chi connectivity index (χ1) is 11.7. The molecule has 3 aromatic rings. The van der Waals surface area contributed by atoms with Crippen LogP contribution >= 0.6 is 0 Å². The van der Waals surface area contributed by atoms with Gasteiger partial charge in [0, 0.05) is 6.07 Å². The van der Waals surface area contributed by atoms with Gasteiger partial charge in [-0.05, 0) is 11.1 Å². The third-order valence-electron chi connectivity index (χ3n) is 3.69. The van der Waals surface area contributed by atoms with E-state index in [9.17, 15) is 10.0 Å². The fourth-order valence-electron chi connectivity index (χ4n) is 2.46. The number of hydrogen-bond donors (Lipinski definition) is 2. The number of ether oxygens (including phenoxy) is 1. The second kappa shape index (κ2) is 7.02. The first-order valence-corrected chi connectivity index (χ1v) is 7.51. The van der Waals surface area contributed by atoms with Crippen LogP contribution in [0.2, 0.25) is 0 Å². The summed E-state index contributed by atoms with van der Waals surface area (Å²) in [5.74, 6) is 0.00686. The van der Waals surface area contributed by atoms with Gasteiger partial charge in [-0.3, -0.25) is 4.79 Å². The Kier molecular flexibility index (Phi) is 4.63. The van der Waals surface area contributed by atoms with Crippen LogP contribution in [0.5, 0.6) is 5.75 Å². The molecule has 122 valence electrons. The summed E-state index contributed by atoms with van der Waals surface area (Å²) in [6.07, 6.45) is 0.687. The average molecular weight is 323 g/mol. The topological polar surface area (TPSA) is 71.7 Å². The molecule has 0 saturated carbocycles. The molecular weight excluding hydrogens is 306 g/mol. The van der Waals surface area contributed by atoms with Crippen molar-refractivity contribution in [1.29, 1.82) is 0 Å². The summed E-state index contributed by atoms with van der Waals surface area (Å²) in [7, 11) is 0. The fraction of sp³-hybridized carbons (Fsp3) is 0.105. The van der Waals surface area contributed by atoms with Gasteiger partial charge in [-0.15, -0.1) is 0 Å². The van der Waals surface area contributed by atoms with Crippen molar-refractivity contribution < 1.29 is 15.1 Å². The molecule has 1 aromatic heterocycles. The standard InChI is InChI=1S/C19H17NO4/c21-13-16-11-17(22)18(12-20(16)23)24-19(14-7-3-1-4-8-14)15-9-5-2-6-10-15/h1-12,19,21,23H,13H2. The van der Waals surface area contributed by atoms with E-state index >= 15 is 0 Å². The Morgan fingerprint density at radius 1 is 0.958 bits per heavy atom. The van der Waals surface area contributed by atoms with Crippen molar-refractivity contribution in [1.82, 2.24) is 4.73 Å². The second-order valence-electron chi connectivity index (χ2n) is 5.32. The van der Waals surface area contributed by atoms with Gasteiger partial charge in [0.15, 0.2) is 5.75 Å². The molecule has 0 spiro atoms.